The first kappa shape index (κ1) is 21.2. The van der Waals surface area contributed by atoms with E-state index >= 15 is 0 Å². The number of nitrogens with zero attached hydrogens (tertiary/aromatic N) is 5. The monoisotopic (exact) mass is 443 g/mol. The molecule has 2 aromatic heterocycles. The van der Waals surface area contributed by atoms with E-state index in [1.807, 2.05) is 11.9 Å². The lowest BCUT2D eigenvalue weighted by Gasteiger charge is -2.31. The van der Waals surface area contributed by atoms with Crippen LogP contribution in [0.1, 0.15) is 18.4 Å². The van der Waals surface area contributed by atoms with Crippen molar-refractivity contribution in [3.63, 3.8) is 0 Å². The van der Waals surface area contributed by atoms with Gasteiger partial charge >= 0.3 is 6.18 Å². The summed E-state index contributed by atoms with van der Waals surface area (Å²) in [4.78, 5) is 1.92. The average Bonchev–Trinajstić information content (AvgIpc) is 3.07. The molecule has 4 rings (SSSR count). The van der Waals surface area contributed by atoms with Gasteiger partial charge in [-0.2, -0.15) is 18.3 Å². The van der Waals surface area contributed by atoms with Crippen molar-refractivity contribution in [1.82, 2.24) is 20.0 Å². The molecule has 1 N–H and O–H groups in total. The first-order valence-electron chi connectivity index (χ1n) is 9.39. The second-order valence-corrected chi connectivity index (χ2v) is 7.31. The number of benzene rings is 1. The highest BCUT2D eigenvalue weighted by Gasteiger charge is 2.38. The molecule has 0 aliphatic carbocycles. The molecule has 0 amide bonds. The quantitative estimate of drug-likeness (QED) is 0.623. The predicted octanol–water partition coefficient (Wildman–Crippen LogP) is 3.65. The zero-order valence-corrected chi connectivity index (χ0v) is 16.5. The van der Waals surface area contributed by atoms with Crippen molar-refractivity contribution >= 4 is 16.9 Å². The number of hydrogen-bond donors (Lipinski definition) is 1. The summed E-state index contributed by atoms with van der Waals surface area (Å²) in [6.07, 6.45) is -3.54. The van der Waals surface area contributed by atoms with Gasteiger partial charge in [-0.1, -0.05) is 0 Å². The van der Waals surface area contributed by atoms with Crippen LogP contribution in [0.4, 0.5) is 27.8 Å². The van der Waals surface area contributed by atoms with E-state index in [4.69, 9.17) is 4.74 Å². The zero-order chi connectivity index (χ0) is 22.5. The summed E-state index contributed by atoms with van der Waals surface area (Å²) >= 11 is 0. The van der Waals surface area contributed by atoms with Crippen molar-refractivity contribution in [2.75, 3.05) is 25.2 Å². The van der Waals surface area contributed by atoms with Crippen LogP contribution in [-0.4, -0.2) is 51.4 Å². The Hall–Kier alpha value is -3.02. The van der Waals surface area contributed by atoms with E-state index in [2.05, 4.69) is 15.3 Å². The van der Waals surface area contributed by atoms with Crippen LogP contribution in [0.3, 0.4) is 0 Å². The molecule has 0 radical (unpaired) electrons. The van der Waals surface area contributed by atoms with Gasteiger partial charge in [0.15, 0.2) is 23.2 Å². The van der Waals surface area contributed by atoms with E-state index in [1.165, 1.54) is 11.7 Å². The van der Waals surface area contributed by atoms with Crippen LogP contribution in [0.25, 0.3) is 22.3 Å². The molecule has 0 bridgehead atoms. The van der Waals surface area contributed by atoms with Gasteiger partial charge < -0.3 is 14.7 Å². The highest BCUT2D eigenvalue weighted by Crippen LogP contribution is 2.41. The molecule has 1 aliphatic heterocycles. The van der Waals surface area contributed by atoms with E-state index in [0.29, 0.717) is 24.5 Å². The number of phenols is 1. The lowest BCUT2D eigenvalue weighted by atomic mass is 10.0. The number of rotatable bonds is 3. The van der Waals surface area contributed by atoms with E-state index in [-0.39, 0.29) is 23.3 Å². The minimum Gasteiger partial charge on any atom is -0.503 e. The zero-order valence-electron chi connectivity index (χ0n) is 16.5. The van der Waals surface area contributed by atoms with Crippen LogP contribution in [0.2, 0.25) is 0 Å². The number of anilines is 1. The number of alkyl halides is 3. The second kappa shape index (κ2) is 7.59. The van der Waals surface area contributed by atoms with Gasteiger partial charge in [0.25, 0.3) is 0 Å². The fourth-order valence-electron chi connectivity index (χ4n) is 3.65. The van der Waals surface area contributed by atoms with Gasteiger partial charge in [0.1, 0.15) is 11.2 Å². The molecule has 1 fully saturated rings. The molecular weight excluding hydrogens is 425 g/mol. The number of ether oxygens (including phenoxy) is 1. The third kappa shape index (κ3) is 3.64. The highest BCUT2D eigenvalue weighted by atomic mass is 19.4. The van der Waals surface area contributed by atoms with Crippen molar-refractivity contribution in [1.29, 1.82) is 0 Å². The number of phenolic OH excluding ortho intramolecular Hbond substituents is 1. The lowest BCUT2D eigenvalue weighted by molar-refractivity contribution is -0.140. The van der Waals surface area contributed by atoms with Gasteiger partial charge in [-0.15, -0.1) is 10.2 Å². The van der Waals surface area contributed by atoms with Crippen LogP contribution in [0.15, 0.2) is 12.1 Å². The summed E-state index contributed by atoms with van der Waals surface area (Å²) in [5, 5.41) is 21.8. The van der Waals surface area contributed by atoms with E-state index in [0.717, 1.165) is 12.8 Å². The fourth-order valence-corrected chi connectivity index (χ4v) is 3.65. The maximum Gasteiger partial charge on any atom is 0.419 e. The van der Waals surface area contributed by atoms with Crippen LogP contribution in [-0.2, 0) is 18.0 Å². The molecule has 0 saturated carbocycles. The summed E-state index contributed by atoms with van der Waals surface area (Å²) < 4.78 is 74.5. The van der Waals surface area contributed by atoms with Crippen molar-refractivity contribution in [2.45, 2.75) is 25.1 Å². The van der Waals surface area contributed by atoms with E-state index in [9.17, 15) is 27.1 Å². The first-order valence-corrected chi connectivity index (χ1v) is 9.39. The highest BCUT2D eigenvalue weighted by molar-refractivity contribution is 5.91. The molecule has 7 nitrogen and oxygen atoms in total. The van der Waals surface area contributed by atoms with E-state index in [1.54, 1.807) is 6.07 Å². The molecular formula is C19H18F5N5O2. The van der Waals surface area contributed by atoms with Crippen LogP contribution < -0.4 is 4.90 Å². The Morgan fingerprint density at radius 3 is 2.45 bits per heavy atom. The normalized spacial score (nSPS) is 15.6. The minimum atomic E-state index is -5.14. The standard InChI is InChI=1S/C19H18F5N5O2/c1-28(9-3-5-31-6-4-9)13-8-12-17(26-25-13)16(27-29(12)2)10-7-11(19(22,23)24)15(21)18(30)14(10)20/h7-9,30H,3-6H2,1-2H3. The van der Waals surface area contributed by atoms with Gasteiger partial charge in [0.05, 0.1) is 11.1 Å². The smallest absolute Gasteiger partial charge is 0.419 e. The van der Waals surface area contributed by atoms with Crippen LogP contribution >= 0.6 is 0 Å². The number of hydrogen-bond acceptors (Lipinski definition) is 6. The molecule has 1 aliphatic rings. The molecule has 3 aromatic rings. The summed E-state index contributed by atoms with van der Waals surface area (Å²) in [7, 11) is 3.36. The Morgan fingerprint density at radius 2 is 1.81 bits per heavy atom. The first-order chi connectivity index (χ1) is 14.6. The number of aryl methyl sites for hydroxylation is 1. The molecule has 1 saturated heterocycles. The Labute approximate surface area is 173 Å². The molecule has 0 unspecified atom stereocenters. The third-order valence-corrected chi connectivity index (χ3v) is 5.42. The Morgan fingerprint density at radius 1 is 1.13 bits per heavy atom. The Kier molecular flexibility index (Phi) is 5.20. The predicted molar refractivity (Wildman–Crippen MR) is 101 cm³/mol. The Balaban J connectivity index is 1.82. The van der Waals surface area contributed by atoms with Crippen LogP contribution in [0.5, 0.6) is 5.75 Å². The summed E-state index contributed by atoms with van der Waals surface area (Å²) in [5.41, 5.74) is -2.41. The van der Waals surface area contributed by atoms with Crippen molar-refractivity contribution in [3.05, 3.63) is 29.3 Å². The van der Waals surface area contributed by atoms with Crippen molar-refractivity contribution < 1.29 is 31.8 Å². The minimum absolute atomic E-state index is 0.0182. The topological polar surface area (TPSA) is 76.3 Å². The maximum atomic E-state index is 14.5. The second-order valence-electron chi connectivity index (χ2n) is 7.31. The van der Waals surface area contributed by atoms with Gasteiger partial charge in [0.2, 0.25) is 0 Å². The maximum absolute atomic E-state index is 14.5. The Bertz CT molecular complexity index is 1140. The molecule has 3 heterocycles. The number of aromatic nitrogens is 4. The molecule has 0 atom stereocenters. The molecule has 166 valence electrons. The van der Waals surface area contributed by atoms with Gasteiger partial charge in [-0.3, -0.25) is 4.68 Å². The number of fused-ring (bicyclic) bond motifs is 1. The summed E-state index contributed by atoms with van der Waals surface area (Å²) in [6, 6.07) is 2.09. The molecule has 31 heavy (non-hydrogen) atoms. The fraction of sp³-hybridized carbons (Fsp3) is 0.421. The molecule has 12 heteroatoms. The SMILES string of the molecule is CN(c1cc2c(nn1)c(-c1cc(C(F)(F)F)c(F)c(O)c1F)nn2C)C1CCOCC1. The third-order valence-electron chi connectivity index (χ3n) is 5.42. The van der Waals surface area contributed by atoms with Gasteiger partial charge in [-0.05, 0) is 18.9 Å². The van der Waals surface area contributed by atoms with Gasteiger partial charge in [0, 0.05) is 45.0 Å². The largest absolute Gasteiger partial charge is 0.503 e. The van der Waals surface area contributed by atoms with Crippen molar-refractivity contribution in [2.24, 2.45) is 7.05 Å². The number of aromatic hydroxyl groups is 1. The van der Waals surface area contributed by atoms with Crippen LogP contribution in [0, 0.1) is 11.6 Å². The van der Waals surface area contributed by atoms with E-state index < -0.39 is 34.7 Å². The molecule has 0 spiro atoms. The molecule has 1 aromatic carbocycles. The number of halogens is 5. The summed E-state index contributed by atoms with van der Waals surface area (Å²) in [6.45, 7) is 1.24. The van der Waals surface area contributed by atoms with Gasteiger partial charge in [-0.25, -0.2) is 8.78 Å². The average molecular weight is 443 g/mol. The van der Waals surface area contributed by atoms with Crippen molar-refractivity contribution in [3.8, 4) is 17.0 Å². The summed E-state index contributed by atoms with van der Waals surface area (Å²) in [5.74, 6) is -4.86. The lowest BCUT2D eigenvalue weighted by Crippen LogP contribution is -2.37.